The Morgan fingerprint density at radius 2 is 1.93 bits per heavy atom. The zero-order valence-corrected chi connectivity index (χ0v) is 16.1. The van der Waals surface area contributed by atoms with Gasteiger partial charge >= 0.3 is 0 Å². The van der Waals surface area contributed by atoms with Gasteiger partial charge in [0.05, 0.1) is 35.4 Å². The van der Waals surface area contributed by atoms with Crippen molar-refractivity contribution < 1.29 is 18.8 Å². The van der Waals surface area contributed by atoms with Crippen molar-refractivity contribution in [2.45, 2.75) is 13.0 Å². The maximum absolute atomic E-state index is 14.5. The van der Waals surface area contributed by atoms with Crippen LogP contribution in [0.5, 0.6) is 0 Å². The summed E-state index contributed by atoms with van der Waals surface area (Å²) < 4.78 is 30.5. The quantitative estimate of drug-likeness (QED) is 0.302. The van der Waals surface area contributed by atoms with Gasteiger partial charge in [0.1, 0.15) is 11.6 Å². The smallest absolute Gasteiger partial charge is 0.251 e. The number of amides is 1. The molecule has 2 aromatic heterocycles. The van der Waals surface area contributed by atoms with Crippen molar-refractivity contribution in [2.75, 3.05) is 7.05 Å². The number of rotatable bonds is 4. The molecule has 0 fully saturated rings. The first-order valence-corrected chi connectivity index (χ1v) is 9.18. The minimum absolute atomic E-state index is 0.0679. The van der Waals surface area contributed by atoms with Gasteiger partial charge in [-0.2, -0.15) is 0 Å². The van der Waals surface area contributed by atoms with Gasteiger partial charge in [-0.15, -0.1) is 0 Å². The number of carbonyl (C=O) groups is 1. The van der Waals surface area contributed by atoms with Crippen LogP contribution >= 0.6 is 11.6 Å². The molecule has 0 unspecified atom stereocenters. The van der Waals surface area contributed by atoms with Gasteiger partial charge in [0.2, 0.25) is 0 Å². The number of benzene rings is 2. The van der Waals surface area contributed by atoms with Crippen LogP contribution < -0.4 is 0 Å². The van der Waals surface area contributed by atoms with Crippen LogP contribution in [0, 0.1) is 11.6 Å². The van der Waals surface area contributed by atoms with Crippen molar-refractivity contribution in [3.05, 3.63) is 76.6 Å². The number of fused-ring (bicyclic) bond motifs is 3. The third kappa shape index (κ3) is 3.43. The van der Waals surface area contributed by atoms with Crippen LogP contribution in [0.4, 0.5) is 8.78 Å². The molecule has 8 heteroatoms. The Hall–Kier alpha value is -3.03. The second-order valence-electron chi connectivity index (χ2n) is 6.71. The highest BCUT2D eigenvalue weighted by Crippen LogP contribution is 2.31. The van der Waals surface area contributed by atoms with Gasteiger partial charge in [-0.1, -0.05) is 29.8 Å². The number of halogens is 3. The van der Waals surface area contributed by atoms with E-state index < -0.39 is 17.5 Å². The number of hydrogen-bond acceptors (Lipinski definition) is 3. The number of pyridine rings is 1. The predicted octanol–water partition coefficient (Wildman–Crippen LogP) is 4.56. The Kier molecular flexibility index (Phi) is 4.94. The number of aromatic nitrogens is 2. The fraction of sp³-hybridized carbons (Fsp3) is 0.143. The van der Waals surface area contributed by atoms with E-state index in [1.165, 1.54) is 13.1 Å². The molecule has 0 aliphatic rings. The third-order valence-corrected chi connectivity index (χ3v) is 5.16. The highest BCUT2D eigenvalue weighted by Gasteiger charge is 2.18. The maximum atomic E-state index is 14.5. The summed E-state index contributed by atoms with van der Waals surface area (Å²) in [7, 11) is 1.25. The van der Waals surface area contributed by atoms with Crippen molar-refractivity contribution in [2.24, 2.45) is 0 Å². The second-order valence-corrected chi connectivity index (χ2v) is 7.12. The van der Waals surface area contributed by atoms with Crippen LogP contribution in [0.15, 0.2) is 48.7 Å². The fourth-order valence-electron chi connectivity index (χ4n) is 3.40. The molecule has 2 heterocycles. The minimum atomic E-state index is -0.793. The number of carbonyl (C=O) groups excluding carboxylic acids is 1. The van der Waals surface area contributed by atoms with Gasteiger partial charge in [-0.05, 0) is 24.3 Å². The van der Waals surface area contributed by atoms with Gasteiger partial charge in [0.25, 0.3) is 5.91 Å². The molecule has 0 aliphatic carbocycles. The van der Waals surface area contributed by atoms with E-state index in [2.05, 4.69) is 4.98 Å². The van der Waals surface area contributed by atoms with Crippen molar-refractivity contribution in [1.29, 1.82) is 0 Å². The highest BCUT2D eigenvalue weighted by atomic mass is 35.5. The average molecular weight is 416 g/mol. The molecule has 0 spiro atoms. The Labute approximate surface area is 169 Å². The van der Waals surface area contributed by atoms with E-state index in [1.807, 2.05) is 24.3 Å². The zero-order valence-electron chi connectivity index (χ0n) is 15.4. The van der Waals surface area contributed by atoms with Gasteiger partial charge in [0.15, 0.2) is 0 Å². The first kappa shape index (κ1) is 19.3. The van der Waals surface area contributed by atoms with E-state index in [-0.39, 0.29) is 23.6 Å². The summed E-state index contributed by atoms with van der Waals surface area (Å²) in [6.45, 7) is -0.0679. The molecular weight excluding hydrogens is 400 g/mol. The molecule has 0 atom stereocenters. The standard InChI is InChI=1S/C21H16ClF2N3O2/c1-26(29)20(28)9-12-8-14-13-4-2-3-5-18(13)27(19(14)10-25-12)11-15-17(23)7-6-16(22)21(15)24/h2-8,10,29H,9,11H2,1H3. The molecule has 4 rings (SSSR count). The average Bonchev–Trinajstić information content (AvgIpc) is 3.01. The minimum Gasteiger partial charge on any atom is -0.334 e. The summed E-state index contributed by atoms with van der Waals surface area (Å²) in [5, 5.41) is 11.3. The van der Waals surface area contributed by atoms with Gasteiger partial charge in [0, 0.05) is 28.9 Å². The molecule has 0 saturated heterocycles. The van der Waals surface area contributed by atoms with Gasteiger partial charge in [-0.3, -0.25) is 15.0 Å². The molecule has 1 amide bonds. The molecule has 4 aromatic rings. The lowest BCUT2D eigenvalue weighted by molar-refractivity contribution is -0.158. The normalized spacial score (nSPS) is 11.3. The van der Waals surface area contributed by atoms with E-state index in [0.717, 1.165) is 22.4 Å². The van der Waals surface area contributed by atoms with E-state index >= 15 is 0 Å². The second kappa shape index (κ2) is 7.42. The summed E-state index contributed by atoms with van der Waals surface area (Å²) in [6, 6.07) is 11.5. The van der Waals surface area contributed by atoms with Crippen molar-refractivity contribution in [3.8, 4) is 0 Å². The number of likely N-dealkylation sites (N-methyl/N-ethyl adjacent to an activating group) is 1. The topological polar surface area (TPSA) is 58.4 Å². The molecule has 148 valence electrons. The van der Waals surface area contributed by atoms with Gasteiger partial charge < -0.3 is 4.57 Å². The molecular formula is C21H16ClF2N3O2. The zero-order chi connectivity index (χ0) is 20.7. The van der Waals surface area contributed by atoms with E-state index in [4.69, 9.17) is 11.6 Å². The van der Waals surface area contributed by atoms with E-state index in [0.29, 0.717) is 16.3 Å². The molecule has 0 bridgehead atoms. The molecule has 1 N–H and O–H groups in total. The summed E-state index contributed by atoms with van der Waals surface area (Å²) in [5.74, 6) is -1.97. The van der Waals surface area contributed by atoms with Crippen LogP contribution in [0.25, 0.3) is 21.8 Å². The van der Waals surface area contributed by atoms with Gasteiger partial charge in [-0.25, -0.2) is 13.8 Å². The Bertz CT molecular complexity index is 1250. The lowest BCUT2D eigenvalue weighted by Crippen LogP contribution is -2.24. The predicted molar refractivity (Wildman–Crippen MR) is 106 cm³/mol. The SMILES string of the molecule is CN(O)C(=O)Cc1cc2c3ccccc3n(Cc3c(F)ccc(Cl)c3F)c2cn1. The molecule has 0 radical (unpaired) electrons. The highest BCUT2D eigenvalue weighted by molar-refractivity contribution is 6.30. The monoisotopic (exact) mass is 415 g/mol. The lowest BCUT2D eigenvalue weighted by atomic mass is 10.1. The number of hydroxylamine groups is 2. The first-order valence-electron chi connectivity index (χ1n) is 8.80. The molecule has 5 nitrogen and oxygen atoms in total. The van der Waals surface area contributed by atoms with E-state index in [1.54, 1.807) is 16.8 Å². The lowest BCUT2D eigenvalue weighted by Gasteiger charge is -2.11. The molecule has 0 saturated carbocycles. The van der Waals surface area contributed by atoms with Crippen LogP contribution in [-0.4, -0.2) is 32.8 Å². The van der Waals surface area contributed by atoms with Crippen molar-refractivity contribution in [3.63, 3.8) is 0 Å². The molecule has 0 aliphatic heterocycles. The van der Waals surface area contributed by atoms with E-state index in [9.17, 15) is 18.8 Å². The summed E-state index contributed by atoms with van der Waals surface area (Å²) in [6.07, 6.45) is 1.50. The van der Waals surface area contributed by atoms with Crippen molar-refractivity contribution in [1.82, 2.24) is 14.6 Å². The van der Waals surface area contributed by atoms with Crippen LogP contribution in [0.1, 0.15) is 11.3 Å². The third-order valence-electron chi connectivity index (χ3n) is 4.86. The number of hydrogen-bond donors (Lipinski definition) is 1. The fourth-order valence-corrected chi connectivity index (χ4v) is 3.57. The number of para-hydroxylation sites is 1. The molecule has 29 heavy (non-hydrogen) atoms. The largest absolute Gasteiger partial charge is 0.334 e. The first-order chi connectivity index (χ1) is 13.9. The maximum Gasteiger partial charge on any atom is 0.251 e. The summed E-state index contributed by atoms with van der Waals surface area (Å²) in [5.41, 5.74) is 1.78. The molecule has 2 aromatic carbocycles. The van der Waals surface area contributed by atoms with Crippen LogP contribution in [0.3, 0.4) is 0 Å². The Morgan fingerprint density at radius 1 is 1.17 bits per heavy atom. The summed E-state index contributed by atoms with van der Waals surface area (Å²) >= 11 is 5.84. The Balaban J connectivity index is 1.88. The van der Waals surface area contributed by atoms with Crippen LogP contribution in [-0.2, 0) is 17.8 Å². The number of nitrogens with zero attached hydrogens (tertiary/aromatic N) is 3. The summed E-state index contributed by atoms with van der Waals surface area (Å²) in [4.78, 5) is 16.1. The van der Waals surface area contributed by atoms with Crippen molar-refractivity contribution >= 4 is 39.3 Å². The Morgan fingerprint density at radius 3 is 2.69 bits per heavy atom. The van der Waals surface area contributed by atoms with Crippen LogP contribution in [0.2, 0.25) is 5.02 Å².